The number of aromatic hydroxyl groups is 1. The van der Waals surface area contributed by atoms with Gasteiger partial charge in [-0.25, -0.2) is 9.79 Å². The Morgan fingerprint density at radius 2 is 2.08 bits per heavy atom. The molecule has 2 aromatic rings. The number of hydrogen-bond acceptors (Lipinski definition) is 6. The first-order valence-corrected chi connectivity index (χ1v) is 9.77. The average Bonchev–Trinajstić information content (AvgIpc) is 3.01. The minimum atomic E-state index is -0.292. The molecule has 6 heteroatoms. The molecule has 0 amide bonds. The van der Waals surface area contributed by atoms with Crippen molar-refractivity contribution in [2.24, 2.45) is 4.99 Å². The van der Waals surface area contributed by atoms with Crippen molar-refractivity contribution in [3.63, 3.8) is 0 Å². The lowest BCUT2D eigenvalue weighted by Crippen LogP contribution is -2.09. The van der Waals surface area contributed by atoms with Gasteiger partial charge in [-0.3, -0.25) is 0 Å². The van der Waals surface area contributed by atoms with Crippen LogP contribution < -0.4 is 4.74 Å². The molecule has 0 fully saturated rings. The molecule has 1 aromatic carbocycles. The molecule has 1 heterocycles. The average molecular weight is 373 g/mol. The number of phenolic OH excluding ortho intramolecular Hbond substituents is 1. The first kappa shape index (κ1) is 18.5. The van der Waals surface area contributed by atoms with Gasteiger partial charge in [-0.2, -0.15) is 0 Å². The molecule has 0 atom stereocenters. The van der Waals surface area contributed by atoms with E-state index >= 15 is 0 Å². The van der Waals surface area contributed by atoms with Crippen LogP contribution in [0.4, 0.5) is 5.00 Å². The second-order valence-corrected chi connectivity index (χ2v) is 7.11. The zero-order chi connectivity index (χ0) is 18.5. The van der Waals surface area contributed by atoms with Crippen molar-refractivity contribution >= 4 is 28.5 Å². The third kappa shape index (κ3) is 3.90. The Morgan fingerprint density at radius 3 is 2.85 bits per heavy atom. The Hall–Kier alpha value is -2.34. The van der Waals surface area contributed by atoms with Crippen LogP contribution in [-0.4, -0.2) is 30.5 Å². The minimum absolute atomic E-state index is 0.0998. The lowest BCUT2D eigenvalue weighted by molar-refractivity contribution is 0.0526. The number of fused-ring (bicyclic) bond motifs is 1. The first-order chi connectivity index (χ1) is 12.6. The van der Waals surface area contributed by atoms with Crippen LogP contribution in [0.2, 0.25) is 0 Å². The quantitative estimate of drug-likeness (QED) is 0.591. The highest BCUT2D eigenvalue weighted by molar-refractivity contribution is 7.16. The number of esters is 1. The summed E-state index contributed by atoms with van der Waals surface area (Å²) < 4.78 is 10.7. The molecule has 0 aliphatic heterocycles. The standard InChI is InChI=1S/C20H23NO4S/c1-3-24-16-11-13(9-10-15(16)22)12-21-19-18(20(23)25-4-2)14-7-5-6-8-17(14)26-19/h9-12,22H,3-8H2,1-2H3. The highest BCUT2D eigenvalue weighted by Gasteiger charge is 2.26. The summed E-state index contributed by atoms with van der Waals surface area (Å²) in [6.45, 7) is 4.49. The molecule has 3 rings (SSSR count). The Kier molecular flexibility index (Phi) is 5.93. The van der Waals surface area contributed by atoms with E-state index in [0.717, 1.165) is 36.8 Å². The number of aliphatic imine (C=N–C) groups is 1. The van der Waals surface area contributed by atoms with E-state index in [1.807, 2.05) is 13.8 Å². The number of hydrogen-bond donors (Lipinski definition) is 1. The van der Waals surface area contributed by atoms with Crippen molar-refractivity contribution in [3.8, 4) is 11.5 Å². The molecule has 138 valence electrons. The van der Waals surface area contributed by atoms with E-state index in [2.05, 4.69) is 4.99 Å². The van der Waals surface area contributed by atoms with Crippen molar-refractivity contribution in [2.75, 3.05) is 13.2 Å². The summed E-state index contributed by atoms with van der Waals surface area (Å²) in [6, 6.07) is 5.08. The SMILES string of the molecule is CCOC(=O)c1c(N=Cc2ccc(O)c(OCC)c2)sc2c1CCCC2. The van der Waals surface area contributed by atoms with Gasteiger partial charge in [0.1, 0.15) is 5.00 Å². The predicted octanol–water partition coefficient (Wildman–Crippen LogP) is 4.66. The van der Waals surface area contributed by atoms with E-state index in [1.165, 1.54) is 4.88 Å². The van der Waals surface area contributed by atoms with E-state index in [4.69, 9.17) is 9.47 Å². The van der Waals surface area contributed by atoms with Gasteiger partial charge >= 0.3 is 5.97 Å². The minimum Gasteiger partial charge on any atom is -0.504 e. The molecule has 0 unspecified atom stereocenters. The predicted molar refractivity (Wildman–Crippen MR) is 103 cm³/mol. The van der Waals surface area contributed by atoms with Gasteiger partial charge in [0.25, 0.3) is 0 Å². The summed E-state index contributed by atoms with van der Waals surface area (Å²) in [5.41, 5.74) is 2.52. The number of carbonyl (C=O) groups is 1. The molecule has 5 nitrogen and oxygen atoms in total. The fourth-order valence-corrected chi connectivity index (χ4v) is 4.29. The van der Waals surface area contributed by atoms with E-state index < -0.39 is 0 Å². The van der Waals surface area contributed by atoms with E-state index in [-0.39, 0.29) is 11.7 Å². The normalized spacial score (nSPS) is 13.6. The molecule has 0 saturated heterocycles. The Bertz CT molecular complexity index is 825. The molecule has 1 aliphatic carbocycles. The van der Waals surface area contributed by atoms with Gasteiger partial charge in [0.15, 0.2) is 11.5 Å². The molecule has 1 N–H and O–H groups in total. The molecular weight excluding hydrogens is 350 g/mol. The van der Waals surface area contributed by atoms with Crippen molar-refractivity contribution in [1.82, 2.24) is 0 Å². The molecule has 0 radical (unpaired) electrons. The van der Waals surface area contributed by atoms with Crippen molar-refractivity contribution in [1.29, 1.82) is 0 Å². The third-order valence-corrected chi connectivity index (χ3v) is 5.45. The number of ether oxygens (including phenoxy) is 2. The van der Waals surface area contributed by atoms with Crippen LogP contribution >= 0.6 is 11.3 Å². The molecule has 1 aromatic heterocycles. The second-order valence-electron chi connectivity index (χ2n) is 6.03. The van der Waals surface area contributed by atoms with Gasteiger partial charge in [-0.1, -0.05) is 0 Å². The van der Waals surface area contributed by atoms with E-state index in [9.17, 15) is 9.90 Å². The number of nitrogens with zero attached hydrogens (tertiary/aromatic N) is 1. The highest BCUT2D eigenvalue weighted by atomic mass is 32.1. The zero-order valence-electron chi connectivity index (χ0n) is 15.1. The van der Waals surface area contributed by atoms with Crippen LogP contribution in [0, 0.1) is 0 Å². The van der Waals surface area contributed by atoms with Crippen molar-refractivity contribution in [2.45, 2.75) is 39.5 Å². The molecule has 0 saturated carbocycles. The largest absolute Gasteiger partial charge is 0.504 e. The number of carbonyl (C=O) groups excluding carboxylic acids is 1. The third-order valence-electron chi connectivity index (χ3n) is 4.25. The van der Waals surface area contributed by atoms with Gasteiger partial charge in [-0.15, -0.1) is 11.3 Å². The Balaban J connectivity index is 1.94. The fourth-order valence-electron chi connectivity index (χ4n) is 3.07. The number of aryl methyl sites for hydroxylation is 1. The van der Waals surface area contributed by atoms with Crippen molar-refractivity contribution < 1.29 is 19.4 Å². The van der Waals surface area contributed by atoms with Crippen LogP contribution in [0.5, 0.6) is 11.5 Å². The molecule has 26 heavy (non-hydrogen) atoms. The second kappa shape index (κ2) is 8.36. The maximum absolute atomic E-state index is 12.5. The number of phenols is 1. The summed E-state index contributed by atoms with van der Waals surface area (Å²) in [6.07, 6.45) is 5.84. The highest BCUT2D eigenvalue weighted by Crippen LogP contribution is 2.40. The zero-order valence-corrected chi connectivity index (χ0v) is 15.9. The van der Waals surface area contributed by atoms with Crippen LogP contribution in [0.25, 0.3) is 0 Å². The van der Waals surface area contributed by atoms with Crippen LogP contribution in [-0.2, 0) is 17.6 Å². The molecule has 0 spiro atoms. The number of rotatable bonds is 6. The maximum atomic E-state index is 12.5. The summed E-state index contributed by atoms with van der Waals surface area (Å²) in [4.78, 5) is 18.3. The van der Waals surface area contributed by atoms with E-state index in [0.29, 0.717) is 29.5 Å². The van der Waals surface area contributed by atoms with Crippen LogP contribution in [0.1, 0.15) is 53.1 Å². The summed E-state index contributed by atoms with van der Waals surface area (Å²) in [7, 11) is 0. The monoisotopic (exact) mass is 373 g/mol. The fraction of sp³-hybridized carbons (Fsp3) is 0.400. The lowest BCUT2D eigenvalue weighted by atomic mass is 9.95. The van der Waals surface area contributed by atoms with E-state index in [1.54, 1.807) is 35.8 Å². The topological polar surface area (TPSA) is 68.1 Å². The molecule has 0 bridgehead atoms. The molecule has 1 aliphatic rings. The van der Waals surface area contributed by atoms with Gasteiger partial charge in [0.2, 0.25) is 0 Å². The maximum Gasteiger partial charge on any atom is 0.341 e. The van der Waals surface area contributed by atoms with Crippen molar-refractivity contribution in [3.05, 3.63) is 39.8 Å². The summed E-state index contributed by atoms with van der Waals surface area (Å²) >= 11 is 1.57. The van der Waals surface area contributed by atoms with Gasteiger partial charge in [0, 0.05) is 11.1 Å². The van der Waals surface area contributed by atoms with Crippen LogP contribution in [0.3, 0.4) is 0 Å². The first-order valence-electron chi connectivity index (χ1n) is 8.95. The van der Waals surface area contributed by atoms with Gasteiger partial charge < -0.3 is 14.6 Å². The van der Waals surface area contributed by atoms with Crippen LogP contribution in [0.15, 0.2) is 23.2 Å². The number of thiophene rings is 1. The summed E-state index contributed by atoms with van der Waals surface area (Å²) in [5, 5.41) is 10.5. The molecular formula is C20H23NO4S. The lowest BCUT2D eigenvalue weighted by Gasteiger charge is -2.11. The Labute approximate surface area is 157 Å². The number of benzene rings is 1. The smallest absolute Gasteiger partial charge is 0.341 e. The van der Waals surface area contributed by atoms with Gasteiger partial charge in [0.05, 0.1) is 18.8 Å². The Morgan fingerprint density at radius 1 is 1.27 bits per heavy atom. The summed E-state index contributed by atoms with van der Waals surface area (Å²) in [5.74, 6) is 0.232. The van der Waals surface area contributed by atoms with Gasteiger partial charge in [-0.05, 0) is 68.9 Å².